The van der Waals surface area contributed by atoms with Crippen molar-refractivity contribution in [2.45, 2.75) is 32.4 Å². The van der Waals surface area contributed by atoms with Crippen molar-refractivity contribution in [3.8, 4) is 5.88 Å². The van der Waals surface area contributed by atoms with E-state index in [0.29, 0.717) is 18.1 Å². The Labute approximate surface area is 127 Å². The van der Waals surface area contributed by atoms with Gasteiger partial charge in [-0.1, -0.05) is 0 Å². The molecule has 0 spiro atoms. The van der Waals surface area contributed by atoms with Gasteiger partial charge in [-0.3, -0.25) is 0 Å². The lowest BCUT2D eigenvalue weighted by atomic mass is 10.2. The van der Waals surface area contributed by atoms with Crippen LogP contribution in [0.5, 0.6) is 5.88 Å². The van der Waals surface area contributed by atoms with E-state index in [-0.39, 0.29) is 6.03 Å². The van der Waals surface area contributed by atoms with Gasteiger partial charge in [0, 0.05) is 19.0 Å². The average molecular weight is 302 g/mol. The fourth-order valence-corrected chi connectivity index (χ4v) is 2.41. The van der Waals surface area contributed by atoms with Gasteiger partial charge in [-0.2, -0.15) is 0 Å². The summed E-state index contributed by atoms with van der Waals surface area (Å²) in [4.78, 5) is 15.9. The van der Waals surface area contributed by atoms with Crippen molar-refractivity contribution in [3.05, 3.63) is 30.0 Å². The molecule has 0 atom stereocenters. The molecule has 2 N–H and O–H groups in total. The molecule has 2 aromatic heterocycles. The van der Waals surface area contributed by atoms with E-state index < -0.39 is 0 Å². The molecular weight excluding hydrogens is 284 g/mol. The van der Waals surface area contributed by atoms with Gasteiger partial charge in [-0.15, -0.1) is 10.2 Å². The van der Waals surface area contributed by atoms with E-state index in [4.69, 9.17) is 4.74 Å². The number of nitrogens with zero attached hydrogens (tertiary/aromatic N) is 4. The molecule has 1 aliphatic rings. The maximum Gasteiger partial charge on any atom is 0.319 e. The molecular formula is C14H18N6O2. The van der Waals surface area contributed by atoms with E-state index in [9.17, 15) is 4.79 Å². The molecule has 2 amide bonds. The molecule has 0 saturated carbocycles. The zero-order chi connectivity index (χ0) is 15.4. The highest BCUT2D eigenvalue weighted by atomic mass is 16.5. The third kappa shape index (κ3) is 3.16. The number of carbonyl (C=O) groups is 1. The first-order valence-corrected chi connectivity index (χ1v) is 7.22. The molecule has 8 nitrogen and oxygen atoms in total. The third-order valence-corrected chi connectivity index (χ3v) is 3.55. The van der Waals surface area contributed by atoms with Gasteiger partial charge in [0.05, 0.1) is 25.5 Å². The third-order valence-electron chi connectivity index (χ3n) is 3.55. The number of carbonyl (C=O) groups excluding carboxylic acids is 1. The summed E-state index contributed by atoms with van der Waals surface area (Å²) >= 11 is 0. The molecule has 3 heterocycles. The second-order valence-corrected chi connectivity index (χ2v) is 5.04. The Morgan fingerprint density at radius 2 is 2.27 bits per heavy atom. The first kappa shape index (κ1) is 14.3. The minimum absolute atomic E-state index is 0.305. The smallest absolute Gasteiger partial charge is 0.319 e. The molecule has 0 bridgehead atoms. The minimum Gasteiger partial charge on any atom is -0.481 e. The van der Waals surface area contributed by atoms with Crippen LogP contribution in [0, 0.1) is 0 Å². The Balaban J connectivity index is 1.54. The Kier molecular flexibility index (Phi) is 4.17. The normalized spacial score (nSPS) is 13.3. The van der Waals surface area contributed by atoms with Crippen LogP contribution in [0.25, 0.3) is 0 Å². The molecule has 0 aromatic carbocycles. The van der Waals surface area contributed by atoms with Crippen molar-refractivity contribution in [1.29, 1.82) is 0 Å². The fraction of sp³-hybridized carbons (Fsp3) is 0.429. The molecule has 0 fully saturated rings. The molecule has 116 valence electrons. The van der Waals surface area contributed by atoms with Crippen molar-refractivity contribution in [2.24, 2.45) is 0 Å². The predicted molar refractivity (Wildman–Crippen MR) is 79.6 cm³/mol. The van der Waals surface area contributed by atoms with Gasteiger partial charge in [-0.05, 0) is 18.9 Å². The number of ether oxygens (including phenoxy) is 1. The average Bonchev–Trinajstić information content (AvgIpc) is 2.97. The maximum absolute atomic E-state index is 11.9. The van der Waals surface area contributed by atoms with Crippen LogP contribution in [0.15, 0.2) is 18.3 Å². The van der Waals surface area contributed by atoms with Crippen LogP contribution >= 0.6 is 0 Å². The molecule has 0 aliphatic carbocycles. The first-order chi connectivity index (χ1) is 10.8. The number of hydrogen-bond acceptors (Lipinski definition) is 5. The van der Waals surface area contributed by atoms with Gasteiger partial charge in [0.15, 0.2) is 5.82 Å². The number of urea groups is 1. The lowest BCUT2D eigenvalue weighted by molar-refractivity contribution is 0.251. The van der Waals surface area contributed by atoms with Gasteiger partial charge in [0.25, 0.3) is 0 Å². The molecule has 0 saturated heterocycles. The molecule has 2 aromatic rings. The van der Waals surface area contributed by atoms with Crippen LogP contribution in [0.4, 0.5) is 10.5 Å². The largest absolute Gasteiger partial charge is 0.481 e. The Morgan fingerprint density at radius 3 is 3.05 bits per heavy atom. The van der Waals surface area contributed by atoms with Crippen LogP contribution in [0.3, 0.4) is 0 Å². The van der Waals surface area contributed by atoms with Crippen molar-refractivity contribution in [3.63, 3.8) is 0 Å². The summed E-state index contributed by atoms with van der Waals surface area (Å²) in [6.07, 6.45) is 4.77. The molecule has 1 aliphatic heterocycles. The number of aromatic nitrogens is 4. The van der Waals surface area contributed by atoms with Crippen LogP contribution < -0.4 is 15.4 Å². The Hall–Kier alpha value is -2.64. The van der Waals surface area contributed by atoms with Crippen molar-refractivity contribution >= 4 is 11.7 Å². The Morgan fingerprint density at radius 1 is 1.36 bits per heavy atom. The zero-order valence-electron chi connectivity index (χ0n) is 12.4. The molecule has 22 heavy (non-hydrogen) atoms. The number of methoxy groups -OCH3 is 1. The number of nitrogens with one attached hydrogen (secondary N) is 2. The number of hydrogen-bond donors (Lipinski definition) is 2. The van der Waals surface area contributed by atoms with Crippen LogP contribution in [0.2, 0.25) is 0 Å². The van der Waals surface area contributed by atoms with Gasteiger partial charge < -0.3 is 19.9 Å². The molecule has 0 unspecified atom stereocenters. The topological polar surface area (TPSA) is 94.0 Å². The summed E-state index contributed by atoms with van der Waals surface area (Å²) < 4.78 is 7.05. The zero-order valence-corrected chi connectivity index (χ0v) is 12.4. The predicted octanol–water partition coefficient (Wildman–Crippen LogP) is 1.34. The summed E-state index contributed by atoms with van der Waals surface area (Å²) in [6.45, 7) is 1.27. The van der Waals surface area contributed by atoms with Crippen molar-refractivity contribution < 1.29 is 9.53 Å². The van der Waals surface area contributed by atoms with E-state index in [2.05, 4.69) is 30.4 Å². The highest BCUT2D eigenvalue weighted by Crippen LogP contribution is 2.14. The van der Waals surface area contributed by atoms with Gasteiger partial charge in [-0.25, -0.2) is 9.78 Å². The van der Waals surface area contributed by atoms with Crippen molar-refractivity contribution in [1.82, 2.24) is 25.1 Å². The van der Waals surface area contributed by atoms with Crippen LogP contribution in [0.1, 0.15) is 24.5 Å². The summed E-state index contributed by atoms with van der Waals surface area (Å²) in [7, 11) is 1.54. The van der Waals surface area contributed by atoms with E-state index in [1.165, 1.54) is 6.20 Å². The van der Waals surface area contributed by atoms with E-state index in [1.807, 2.05) is 0 Å². The summed E-state index contributed by atoms with van der Waals surface area (Å²) in [5.41, 5.74) is 0.599. The van der Waals surface area contributed by atoms with Crippen LogP contribution in [-0.4, -0.2) is 32.9 Å². The lowest BCUT2D eigenvalue weighted by Crippen LogP contribution is -2.30. The number of fused-ring (bicyclic) bond motifs is 1. The summed E-state index contributed by atoms with van der Waals surface area (Å²) in [5.74, 6) is 2.29. The number of rotatable bonds is 4. The molecule has 0 radical (unpaired) electrons. The first-order valence-electron chi connectivity index (χ1n) is 7.22. The minimum atomic E-state index is -0.305. The summed E-state index contributed by atoms with van der Waals surface area (Å²) in [6, 6.07) is 3.11. The van der Waals surface area contributed by atoms with Crippen LogP contribution in [-0.2, 0) is 19.5 Å². The number of amides is 2. The van der Waals surface area contributed by atoms with Gasteiger partial charge in [0.2, 0.25) is 5.88 Å². The second-order valence-electron chi connectivity index (χ2n) is 5.04. The fourth-order valence-electron chi connectivity index (χ4n) is 2.41. The summed E-state index contributed by atoms with van der Waals surface area (Å²) in [5, 5.41) is 13.8. The van der Waals surface area contributed by atoms with E-state index in [1.54, 1.807) is 19.2 Å². The highest BCUT2D eigenvalue weighted by molar-refractivity contribution is 5.88. The maximum atomic E-state index is 11.9. The van der Waals surface area contributed by atoms with Gasteiger partial charge >= 0.3 is 6.03 Å². The Bertz CT molecular complexity index is 652. The number of anilines is 1. The van der Waals surface area contributed by atoms with Gasteiger partial charge in [0.1, 0.15) is 5.82 Å². The lowest BCUT2D eigenvalue weighted by Gasteiger charge is -2.15. The van der Waals surface area contributed by atoms with Crippen molar-refractivity contribution in [2.75, 3.05) is 12.4 Å². The van der Waals surface area contributed by atoms with E-state index >= 15 is 0 Å². The van der Waals surface area contributed by atoms with E-state index in [0.717, 1.165) is 37.5 Å². The monoisotopic (exact) mass is 302 g/mol. The standard InChI is InChI=1S/C14H18N6O2/c1-22-13-6-5-10(8-15-13)17-14(21)16-9-12-19-18-11-4-2-3-7-20(11)12/h5-6,8H,2-4,7,9H2,1H3,(H2,16,17,21). The number of pyridine rings is 1. The molecule has 3 rings (SSSR count). The number of aryl methyl sites for hydroxylation is 1. The quantitative estimate of drug-likeness (QED) is 0.889. The SMILES string of the molecule is COc1ccc(NC(=O)NCc2nnc3n2CCCC3)cn1. The highest BCUT2D eigenvalue weighted by Gasteiger charge is 2.15. The molecule has 8 heteroatoms. The second kappa shape index (κ2) is 6.42.